The van der Waals surface area contributed by atoms with Gasteiger partial charge >= 0.3 is 0 Å². The average molecular weight is 180 g/mol. The highest BCUT2D eigenvalue weighted by Gasteiger charge is 2.44. The van der Waals surface area contributed by atoms with Crippen LogP contribution in [0.25, 0.3) is 0 Å². The molecule has 0 aromatic heterocycles. The van der Waals surface area contributed by atoms with Crippen LogP contribution >= 0.6 is 0 Å². The van der Waals surface area contributed by atoms with Crippen molar-refractivity contribution in [3.63, 3.8) is 0 Å². The van der Waals surface area contributed by atoms with Gasteiger partial charge in [-0.15, -0.1) is 0 Å². The van der Waals surface area contributed by atoms with Crippen LogP contribution in [0.1, 0.15) is 46.0 Å². The van der Waals surface area contributed by atoms with Crippen LogP contribution in [0.3, 0.4) is 0 Å². The molecule has 1 saturated carbocycles. The van der Waals surface area contributed by atoms with Crippen molar-refractivity contribution in [1.82, 2.24) is 0 Å². The maximum absolute atomic E-state index is 10.5. The van der Waals surface area contributed by atoms with Crippen molar-refractivity contribution in [3.8, 4) is 0 Å². The monoisotopic (exact) mass is 180 g/mol. The largest absolute Gasteiger partial charge is 0.389 e. The number of hydrogen-bond donors (Lipinski definition) is 1. The van der Waals surface area contributed by atoms with Gasteiger partial charge in [-0.05, 0) is 31.6 Å². The van der Waals surface area contributed by atoms with Crippen LogP contribution in [0.15, 0.2) is 11.6 Å². The average Bonchev–Trinajstić information content (AvgIpc) is 2.47. The number of hydrogen-bond acceptors (Lipinski definition) is 1. The fourth-order valence-electron chi connectivity index (χ4n) is 2.93. The van der Waals surface area contributed by atoms with Gasteiger partial charge in [0.1, 0.15) is 0 Å². The molecular weight excluding hydrogens is 160 g/mol. The fraction of sp³-hybridized carbons (Fsp3) is 0.833. The van der Waals surface area contributed by atoms with E-state index in [4.69, 9.17) is 0 Å². The van der Waals surface area contributed by atoms with Gasteiger partial charge in [0.15, 0.2) is 0 Å². The molecule has 2 rings (SSSR count). The Bertz CT molecular complexity index is 229. The number of fused-ring (bicyclic) bond motifs is 1. The lowest BCUT2D eigenvalue weighted by molar-refractivity contribution is -0.0403. The van der Waals surface area contributed by atoms with E-state index in [1.807, 2.05) is 0 Å². The Morgan fingerprint density at radius 2 is 2.23 bits per heavy atom. The molecule has 2 atom stereocenters. The van der Waals surface area contributed by atoms with Crippen LogP contribution < -0.4 is 0 Å². The summed E-state index contributed by atoms with van der Waals surface area (Å²) in [6, 6.07) is 0. The zero-order valence-corrected chi connectivity index (χ0v) is 8.71. The molecule has 0 radical (unpaired) electrons. The van der Waals surface area contributed by atoms with Gasteiger partial charge in [-0.25, -0.2) is 0 Å². The lowest BCUT2D eigenvalue weighted by Crippen LogP contribution is -2.41. The molecule has 0 aliphatic heterocycles. The Labute approximate surface area is 80.8 Å². The Morgan fingerprint density at radius 3 is 2.92 bits per heavy atom. The maximum Gasteiger partial charge on any atom is 0.0769 e. The molecule has 0 bridgehead atoms. The van der Waals surface area contributed by atoms with Crippen molar-refractivity contribution in [3.05, 3.63) is 11.6 Å². The minimum absolute atomic E-state index is 0.393. The molecular formula is C12H20O. The summed E-state index contributed by atoms with van der Waals surface area (Å²) in [5.41, 5.74) is 1.14. The van der Waals surface area contributed by atoms with Crippen molar-refractivity contribution < 1.29 is 5.11 Å². The highest BCUT2D eigenvalue weighted by molar-refractivity contribution is 5.23. The van der Waals surface area contributed by atoms with Crippen LogP contribution in [0, 0.1) is 11.8 Å². The van der Waals surface area contributed by atoms with E-state index in [-0.39, 0.29) is 0 Å². The zero-order chi connectivity index (χ0) is 9.47. The topological polar surface area (TPSA) is 20.2 Å². The summed E-state index contributed by atoms with van der Waals surface area (Å²) in [5.74, 6) is 0.880. The molecule has 0 aromatic carbocycles. The van der Waals surface area contributed by atoms with Gasteiger partial charge in [0, 0.05) is 5.92 Å². The second-order valence-electron chi connectivity index (χ2n) is 4.93. The van der Waals surface area contributed by atoms with Crippen LogP contribution in [0.2, 0.25) is 0 Å². The van der Waals surface area contributed by atoms with E-state index < -0.39 is 5.60 Å². The summed E-state index contributed by atoms with van der Waals surface area (Å²) in [4.78, 5) is 0. The predicted octanol–water partition coefficient (Wildman–Crippen LogP) is 2.89. The van der Waals surface area contributed by atoms with Gasteiger partial charge in [-0.3, -0.25) is 0 Å². The number of rotatable bonds is 1. The molecule has 1 fully saturated rings. The van der Waals surface area contributed by atoms with Gasteiger partial charge in [0.25, 0.3) is 0 Å². The van der Waals surface area contributed by atoms with Crippen molar-refractivity contribution in [1.29, 1.82) is 0 Å². The van der Waals surface area contributed by atoms with Crippen LogP contribution in [-0.2, 0) is 0 Å². The molecule has 0 aromatic rings. The zero-order valence-electron chi connectivity index (χ0n) is 8.71. The van der Waals surface area contributed by atoms with Crippen LogP contribution in [0.5, 0.6) is 0 Å². The van der Waals surface area contributed by atoms with Crippen molar-refractivity contribution in [2.24, 2.45) is 11.8 Å². The van der Waals surface area contributed by atoms with E-state index in [1.165, 1.54) is 25.7 Å². The van der Waals surface area contributed by atoms with Gasteiger partial charge in [0.05, 0.1) is 5.60 Å². The first-order chi connectivity index (χ1) is 6.14. The van der Waals surface area contributed by atoms with E-state index in [9.17, 15) is 5.11 Å². The highest BCUT2D eigenvalue weighted by atomic mass is 16.3. The minimum atomic E-state index is -0.407. The molecule has 2 aliphatic carbocycles. The highest BCUT2D eigenvalue weighted by Crippen LogP contribution is 2.47. The molecule has 0 amide bonds. The lowest BCUT2D eigenvalue weighted by atomic mass is 9.73. The molecule has 0 spiro atoms. The Hall–Kier alpha value is -0.300. The summed E-state index contributed by atoms with van der Waals surface area (Å²) < 4.78 is 0. The summed E-state index contributed by atoms with van der Waals surface area (Å²) in [7, 11) is 0. The second-order valence-corrected chi connectivity index (χ2v) is 4.93. The predicted molar refractivity (Wildman–Crippen MR) is 54.4 cm³/mol. The van der Waals surface area contributed by atoms with E-state index in [0.717, 1.165) is 6.42 Å². The summed E-state index contributed by atoms with van der Waals surface area (Å²) in [5, 5.41) is 10.5. The third-order valence-corrected chi connectivity index (χ3v) is 3.95. The van der Waals surface area contributed by atoms with Gasteiger partial charge in [-0.1, -0.05) is 31.9 Å². The molecule has 0 saturated heterocycles. The van der Waals surface area contributed by atoms with Crippen molar-refractivity contribution in [2.75, 3.05) is 0 Å². The Balaban J connectivity index is 2.19. The molecule has 1 nitrogen and oxygen atoms in total. The molecule has 1 N–H and O–H groups in total. The van der Waals surface area contributed by atoms with E-state index in [0.29, 0.717) is 11.8 Å². The normalized spacial score (nSPS) is 39.1. The third kappa shape index (κ3) is 1.34. The molecule has 1 heteroatoms. The van der Waals surface area contributed by atoms with E-state index in [2.05, 4.69) is 19.9 Å². The second kappa shape index (κ2) is 3.13. The molecule has 2 aliphatic rings. The van der Waals surface area contributed by atoms with Gasteiger partial charge in [-0.2, -0.15) is 0 Å². The van der Waals surface area contributed by atoms with E-state index in [1.54, 1.807) is 5.57 Å². The Kier molecular flexibility index (Phi) is 2.23. The smallest absolute Gasteiger partial charge is 0.0769 e. The van der Waals surface area contributed by atoms with Gasteiger partial charge < -0.3 is 5.11 Å². The van der Waals surface area contributed by atoms with E-state index >= 15 is 0 Å². The minimum Gasteiger partial charge on any atom is -0.389 e. The Morgan fingerprint density at radius 1 is 1.46 bits per heavy atom. The standard InChI is InChI=1S/C12H20O/c1-9(2)12(13)8-7-10-5-3-4-6-11(10)12/h7,9,11,13H,3-6,8H2,1-2H3/t11?,12-/m1/s1. The quantitative estimate of drug-likeness (QED) is 0.615. The molecule has 74 valence electrons. The first kappa shape index (κ1) is 9.26. The molecule has 1 unspecified atom stereocenters. The van der Waals surface area contributed by atoms with Crippen LogP contribution in [-0.4, -0.2) is 10.7 Å². The first-order valence-electron chi connectivity index (χ1n) is 5.56. The SMILES string of the molecule is CC(C)[C@]1(O)CC=C2CCCCC21. The third-order valence-electron chi connectivity index (χ3n) is 3.95. The molecule has 0 heterocycles. The first-order valence-corrected chi connectivity index (χ1v) is 5.56. The fourth-order valence-corrected chi connectivity index (χ4v) is 2.93. The van der Waals surface area contributed by atoms with Gasteiger partial charge in [0.2, 0.25) is 0 Å². The summed E-state index contributed by atoms with van der Waals surface area (Å²) >= 11 is 0. The molecule has 13 heavy (non-hydrogen) atoms. The van der Waals surface area contributed by atoms with Crippen molar-refractivity contribution in [2.45, 2.75) is 51.6 Å². The number of aliphatic hydroxyl groups is 1. The summed E-state index contributed by atoms with van der Waals surface area (Å²) in [6.45, 7) is 4.29. The maximum atomic E-state index is 10.5. The van der Waals surface area contributed by atoms with Crippen molar-refractivity contribution >= 4 is 0 Å². The lowest BCUT2D eigenvalue weighted by Gasteiger charge is -2.37. The van der Waals surface area contributed by atoms with Crippen LogP contribution in [0.4, 0.5) is 0 Å². The summed E-state index contributed by atoms with van der Waals surface area (Å²) in [6.07, 6.45) is 8.27.